The van der Waals surface area contributed by atoms with Crippen molar-refractivity contribution in [2.45, 2.75) is 47.0 Å². The van der Waals surface area contributed by atoms with Crippen LogP contribution in [0.15, 0.2) is 0 Å². The summed E-state index contributed by atoms with van der Waals surface area (Å²) in [5, 5.41) is 0. The van der Waals surface area contributed by atoms with Gasteiger partial charge in [0.25, 0.3) is 0 Å². The van der Waals surface area contributed by atoms with Crippen LogP contribution < -0.4 is 0 Å². The second-order valence-corrected chi connectivity index (χ2v) is 4.53. The molecule has 0 heteroatoms. The van der Waals surface area contributed by atoms with Crippen molar-refractivity contribution >= 4 is 0 Å². The first-order chi connectivity index (χ1) is 6.02. The minimum absolute atomic E-state index is 0.581. The molecule has 0 aliphatic carbocycles. The van der Waals surface area contributed by atoms with Gasteiger partial charge in [0, 0.05) is 11.8 Å². The maximum atomic E-state index is 4.14. The van der Waals surface area contributed by atoms with Crippen LogP contribution in [0.1, 0.15) is 47.0 Å². The van der Waals surface area contributed by atoms with Crippen LogP contribution in [0, 0.1) is 37.5 Å². The molecule has 4 unspecified atom stereocenters. The maximum Gasteiger partial charge on any atom is 0.0952 e. The summed E-state index contributed by atoms with van der Waals surface area (Å²) in [7, 11) is 0. The highest BCUT2D eigenvalue weighted by Crippen LogP contribution is 2.28. The van der Waals surface area contributed by atoms with Gasteiger partial charge in [-0.3, -0.25) is 0 Å². The van der Waals surface area contributed by atoms with Crippen molar-refractivity contribution in [3.05, 3.63) is 13.8 Å². The summed E-state index contributed by atoms with van der Waals surface area (Å²) in [4.78, 5) is 0. The third-order valence-corrected chi connectivity index (χ3v) is 3.26. The van der Waals surface area contributed by atoms with Gasteiger partial charge in [0.1, 0.15) is 0 Å². The molecule has 4 atom stereocenters. The Morgan fingerprint density at radius 3 is 1.31 bits per heavy atom. The fourth-order valence-electron chi connectivity index (χ4n) is 1.99. The third-order valence-electron chi connectivity index (χ3n) is 3.26. The Hall–Kier alpha value is -0.260. The second-order valence-electron chi connectivity index (χ2n) is 4.53. The van der Waals surface area contributed by atoms with Crippen LogP contribution >= 0.6 is 0 Å². The molecule has 0 aromatic rings. The average molecular weight is 182 g/mol. The lowest BCUT2D eigenvalue weighted by Gasteiger charge is -2.21. The summed E-state index contributed by atoms with van der Waals surface area (Å²) in [6.45, 7) is 17.3. The first kappa shape index (κ1) is 12.7. The molecule has 0 aliphatic rings. The average Bonchev–Trinajstić information content (AvgIpc) is 2.05. The molecular weight excluding hydrogens is 156 g/mol. The van der Waals surface area contributed by atoms with Crippen LogP contribution in [-0.4, -0.2) is 0 Å². The Balaban J connectivity index is 4.03. The Labute approximate surface area is 85.1 Å². The summed E-state index contributed by atoms with van der Waals surface area (Å²) >= 11 is 0. The van der Waals surface area contributed by atoms with Crippen molar-refractivity contribution in [3.63, 3.8) is 0 Å². The van der Waals surface area contributed by atoms with E-state index in [4.69, 9.17) is 0 Å². The summed E-state index contributed by atoms with van der Waals surface area (Å²) in [5.41, 5.74) is 0. The normalized spacial score (nSPS) is 20.6. The van der Waals surface area contributed by atoms with Crippen LogP contribution in [0.2, 0.25) is 0 Å². The molecule has 76 valence electrons. The molecule has 0 heterocycles. The smallest absolute Gasteiger partial charge is 0.0649 e. The molecule has 0 rings (SSSR count). The first-order valence-corrected chi connectivity index (χ1v) is 5.69. The molecule has 0 N–H and O–H groups in total. The fourth-order valence-corrected chi connectivity index (χ4v) is 1.99. The van der Waals surface area contributed by atoms with E-state index in [1.807, 2.05) is 0 Å². The molecule has 0 nitrogen and oxygen atoms in total. The summed E-state index contributed by atoms with van der Waals surface area (Å²) in [6, 6.07) is 0. The lowest BCUT2D eigenvalue weighted by Crippen LogP contribution is -2.17. The van der Waals surface area contributed by atoms with Crippen LogP contribution in [0.4, 0.5) is 0 Å². The van der Waals surface area contributed by atoms with Gasteiger partial charge in [-0.1, -0.05) is 13.8 Å². The molecule has 0 saturated carbocycles. The molecular formula is C13H26+2. The van der Waals surface area contributed by atoms with E-state index >= 15 is 0 Å². The van der Waals surface area contributed by atoms with Crippen molar-refractivity contribution in [2.75, 3.05) is 0 Å². The molecule has 0 aromatic carbocycles. The largest absolute Gasteiger partial charge is 0.0952 e. The van der Waals surface area contributed by atoms with Crippen molar-refractivity contribution < 1.29 is 0 Å². The van der Waals surface area contributed by atoms with Gasteiger partial charge in [-0.15, -0.1) is 0 Å². The molecule has 0 aromatic heterocycles. The van der Waals surface area contributed by atoms with Crippen molar-refractivity contribution in [1.82, 2.24) is 0 Å². The van der Waals surface area contributed by atoms with E-state index in [0.717, 1.165) is 11.8 Å². The topological polar surface area (TPSA) is 0 Å². The van der Waals surface area contributed by atoms with Gasteiger partial charge in [0.2, 0.25) is 0 Å². The lowest BCUT2D eigenvalue weighted by molar-refractivity contribution is 0.264. The van der Waals surface area contributed by atoms with Gasteiger partial charge in [0.15, 0.2) is 0 Å². The molecule has 0 radical (unpaired) electrons. The third kappa shape index (κ3) is 4.50. The highest BCUT2D eigenvalue weighted by Gasteiger charge is 2.24. The number of hydrogen-bond donors (Lipinski definition) is 0. The van der Waals surface area contributed by atoms with Crippen LogP contribution in [0.3, 0.4) is 0 Å². The first-order valence-electron chi connectivity index (χ1n) is 5.69. The van der Waals surface area contributed by atoms with Gasteiger partial charge in [-0.05, 0) is 33.1 Å². The van der Waals surface area contributed by atoms with Crippen molar-refractivity contribution in [3.8, 4) is 0 Å². The minimum Gasteiger partial charge on any atom is -0.0649 e. The molecule has 13 heavy (non-hydrogen) atoms. The van der Waals surface area contributed by atoms with E-state index in [2.05, 4.69) is 41.5 Å². The van der Waals surface area contributed by atoms with Gasteiger partial charge >= 0.3 is 0 Å². The van der Waals surface area contributed by atoms with E-state index in [-0.39, 0.29) is 0 Å². The van der Waals surface area contributed by atoms with Gasteiger partial charge in [-0.2, -0.15) is 0 Å². The number of rotatable bonds is 6. The monoisotopic (exact) mass is 182 g/mol. The van der Waals surface area contributed by atoms with Gasteiger partial charge in [0.05, 0.1) is 25.7 Å². The summed E-state index contributed by atoms with van der Waals surface area (Å²) in [5.74, 6) is 2.74. The summed E-state index contributed by atoms with van der Waals surface area (Å²) < 4.78 is 0. The molecule has 0 fully saturated rings. The summed E-state index contributed by atoms with van der Waals surface area (Å²) in [6.07, 6.45) is 3.82. The SMILES string of the molecule is [CH2+]C(C)C(CC)CC(CC)C([CH2+])C. The van der Waals surface area contributed by atoms with E-state index in [1.54, 1.807) is 0 Å². The second kappa shape index (κ2) is 6.23. The molecule has 0 bridgehead atoms. The van der Waals surface area contributed by atoms with E-state index < -0.39 is 0 Å². The van der Waals surface area contributed by atoms with Gasteiger partial charge in [-0.25, -0.2) is 0 Å². The highest BCUT2D eigenvalue weighted by atomic mass is 14.2. The van der Waals surface area contributed by atoms with Crippen LogP contribution in [0.25, 0.3) is 0 Å². The Morgan fingerprint density at radius 1 is 0.846 bits per heavy atom. The molecule has 0 amide bonds. The Kier molecular flexibility index (Phi) is 6.11. The predicted molar refractivity (Wildman–Crippen MR) is 61.2 cm³/mol. The van der Waals surface area contributed by atoms with Crippen LogP contribution in [0.5, 0.6) is 0 Å². The Morgan fingerprint density at radius 2 is 1.15 bits per heavy atom. The lowest BCUT2D eigenvalue weighted by atomic mass is 9.79. The van der Waals surface area contributed by atoms with Crippen molar-refractivity contribution in [1.29, 1.82) is 0 Å². The fraction of sp³-hybridized carbons (Fsp3) is 0.846. The minimum atomic E-state index is 0.581. The zero-order valence-corrected chi connectivity index (χ0v) is 9.84. The van der Waals surface area contributed by atoms with E-state index in [0.29, 0.717) is 11.8 Å². The predicted octanol–water partition coefficient (Wildman–Crippen LogP) is 4.37. The quantitative estimate of drug-likeness (QED) is 0.535. The highest BCUT2D eigenvalue weighted by molar-refractivity contribution is 4.74. The molecule has 0 spiro atoms. The Bertz CT molecular complexity index is 99.2. The van der Waals surface area contributed by atoms with Crippen molar-refractivity contribution in [2.24, 2.45) is 23.7 Å². The van der Waals surface area contributed by atoms with E-state index in [1.165, 1.54) is 19.3 Å². The zero-order chi connectivity index (χ0) is 10.4. The maximum absolute atomic E-state index is 4.14. The van der Waals surface area contributed by atoms with E-state index in [9.17, 15) is 0 Å². The molecule has 0 saturated heterocycles. The van der Waals surface area contributed by atoms with Gasteiger partial charge < -0.3 is 0 Å². The zero-order valence-electron chi connectivity index (χ0n) is 9.84. The standard InChI is InChI=1S/C13H26/c1-7-12(10(3)4)9-13(8-2)11(5)6/h10-13H,3,5,7-9H2,1-2,4,6H3/q+2. The molecule has 0 aliphatic heterocycles. The van der Waals surface area contributed by atoms with Crippen LogP contribution in [-0.2, 0) is 0 Å². The number of hydrogen-bond acceptors (Lipinski definition) is 0.